The summed E-state index contributed by atoms with van der Waals surface area (Å²) in [5.74, 6) is 1.16. The monoisotopic (exact) mass is 382 g/mol. The van der Waals surface area contributed by atoms with Gasteiger partial charge in [0.2, 0.25) is 5.91 Å². The number of fused-ring (bicyclic) bond motifs is 4. The van der Waals surface area contributed by atoms with E-state index in [2.05, 4.69) is 6.07 Å². The molecule has 1 aromatic carbocycles. The third-order valence-electron chi connectivity index (χ3n) is 6.06. The van der Waals surface area contributed by atoms with Gasteiger partial charge < -0.3 is 19.3 Å². The van der Waals surface area contributed by atoms with Crippen LogP contribution in [0.2, 0.25) is 0 Å². The average Bonchev–Trinajstić information content (AvgIpc) is 2.71. The SMILES string of the molecule is COc1cccc(C[C@H]2[C@H]3C[C@H](CN(C(=O)CCO)C3)c3cccc(=O)n32)c1. The van der Waals surface area contributed by atoms with Crippen LogP contribution in [0.25, 0.3) is 0 Å². The van der Waals surface area contributed by atoms with Crippen molar-refractivity contribution < 1.29 is 14.6 Å². The number of rotatable bonds is 5. The van der Waals surface area contributed by atoms with E-state index in [4.69, 9.17) is 9.84 Å². The first-order valence-electron chi connectivity index (χ1n) is 9.83. The number of hydrogen-bond acceptors (Lipinski definition) is 4. The third kappa shape index (κ3) is 3.44. The fourth-order valence-corrected chi connectivity index (χ4v) is 4.80. The van der Waals surface area contributed by atoms with E-state index >= 15 is 0 Å². The Bertz CT molecular complexity index is 923. The molecule has 3 heterocycles. The summed E-state index contributed by atoms with van der Waals surface area (Å²) in [6.07, 6.45) is 1.84. The van der Waals surface area contributed by atoms with E-state index in [0.29, 0.717) is 19.5 Å². The molecule has 28 heavy (non-hydrogen) atoms. The van der Waals surface area contributed by atoms with Gasteiger partial charge in [-0.3, -0.25) is 9.59 Å². The molecular formula is C22H26N2O4. The lowest BCUT2D eigenvalue weighted by atomic mass is 9.76. The molecule has 0 spiro atoms. The van der Waals surface area contributed by atoms with Crippen molar-refractivity contribution in [2.75, 3.05) is 26.8 Å². The lowest BCUT2D eigenvalue weighted by Crippen LogP contribution is -2.51. The summed E-state index contributed by atoms with van der Waals surface area (Å²) in [5.41, 5.74) is 2.15. The van der Waals surface area contributed by atoms with Crippen LogP contribution >= 0.6 is 0 Å². The van der Waals surface area contributed by atoms with Crippen molar-refractivity contribution in [1.29, 1.82) is 0 Å². The van der Waals surface area contributed by atoms with Crippen LogP contribution in [-0.2, 0) is 11.2 Å². The molecule has 2 aliphatic heterocycles. The van der Waals surface area contributed by atoms with E-state index in [1.807, 2.05) is 39.8 Å². The number of benzene rings is 1. The predicted octanol–water partition coefficient (Wildman–Crippen LogP) is 1.97. The van der Waals surface area contributed by atoms with E-state index in [9.17, 15) is 9.59 Å². The highest BCUT2D eigenvalue weighted by Gasteiger charge is 2.41. The van der Waals surface area contributed by atoms with Crippen LogP contribution in [-0.4, -0.2) is 47.3 Å². The standard InChI is InChI=1S/C22H26N2O4/c1-28-18-5-2-4-15(10-18)11-20-17-12-16(13-23(14-17)21(26)8-9-25)19-6-3-7-22(27)24(19)20/h2-7,10,16-17,20,25H,8-9,11-14H2,1H3/t16-,17+,20+/m1/s1. The molecule has 1 fully saturated rings. The number of carbonyl (C=O) groups is 1. The molecule has 0 radical (unpaired) electrons. The molecule has 148 valence electrons. The van der Waals surface area contributed by atoms with Crippen LogP contribution in [0.3, 0.4) is 0 Å². The Morgan fingerprint density at radius 3 is 2.82 bits per heavy atom. The van der Waals surface area contributed by atoms with Gasteiger partial charge in [0.25, 0.3) is 5.56 Å². The molecule has 2 aromatic rings. The minimum atomic E-state index is -0.131. The normalized spacial score (nSPS) is 23.2. The molecule has 2 aliphatic rings. The Morgan fingerprint density at radius 2 is 2.04 bits per heavy atom. The minimum Gasteiger partial charge on any atom is -0.497 e. The second kappa shape index (κ2) is 7.80. The van der Waals surface area contributed by atoms with Gasteiger partial charge in [0.1, 0.15) is 5.75 Å². The average molecular weight is 382 g/mol. The van der Waals surface area contributed by atoms with Crippen molar-refractivity contribution in [1.82, 2.24) is 9.47 Å². The second-order valence-corrected chi connectivity index (χ2v) is 7.75. The smallest absolute Gasteiger partial charge is 0.251 e. The van der Waals surface area contributed by atoms with Crippen LogP contribution in [0.1, 0.15) is 36.1 Å². The van der Waals surface area contributed by atoms with Crippen molar-refractivity contribution in [3.63, 3.8) is 0 Å². The van der Waals surface area contributed by atoms with E-state index < -0.39 is 0 Å². The van der Waals surface area contributed by atoms with Crippen molar-refractivity contribution in [2.24, 2.45) is 5.92 Å². The topological polar surface area (TPSA) is 71.8 Å². The van der Waals surface area contributed by atoms with Crippen LogP contribution in [0.5, 0.6) is 5.75 Å². The molecule has 1 N–H and O–H groups in total. The summed E-state index contributed by atoms with van der Waals surface area (Å²) in [7, 11) is 1.65. The molecule has 2 bridgehead atoms. The maximum atomic E-state index is 12.8. The van der Waals surface area contributed by atoms with Crippen molar-refractivity contribution in [3.8, 4) is 5.75 Å². The number of aliphatic hydroxyl groups excluding tert-OH is 1. The summed E-state index contributed by atoms with van der Waals surface area (Å²) < 4.78 is 7.30. The van der Waals surface area contributed by atoms with Crippen LogP contribution in [0.4, 0.5) is 0 Å². The Morgan fingerprint density at radius 1 is 1.21 bits per heavy atom. The summed E-state index contributed by atoms with van der Waals surface area (Å²) in [4.78, 5) is 27.1. The first-order valence-corrected chi connectivity index (χ1v) is 9.83. The molecule has 6 heteroatoms. The summed E-state index contributed by atoms with van der Waals surface area (Å²) >= 11 is 0. The number of carbonyl (C=O) groups excluding carboxylic acids is 1. The van der Waals surface area contributed by atoms with Crippen molar-refractivity contribution in [2.45, 2.75) is 31.2 Å². The van der Waals surface area contributed by atoms with E-state index in [1.165, 1.54) is 0 Å². The lowest BCUT2D eigenvalue weighted by molar-refractivity contribution is -0.135. The van der Waals surface area contributed by atoms with E-state index in [-0.39, 0.29) is 42.4 Å². The fraction of sp³-hybridized carbons (Fsp3) is 0.455. The molecule has 0 aliphatic carbocycles. The molecule has 4 rings (SSSR count). The van der Waals surface area contributed by atoms with E-state index in [1.54, 1.807) is 13.2 Å². The number of likely N-dealkylation sites (tertiary alicyclic amines) is 1. The second-order valence-electron chi connectivity index (χ2n) is 7.75. The summed E-state index contributed by atoms with van der Waals surface area (Å²) in [5, 5.41) is 9.16. The Labute approximate surface area is 164 Å². The van der Waals surface area contributed by atoms with Crippen LogP contribution in [0, 0.1) is 5.92 Å². The highest BCUT2D eigenvalue weighted by atomic mass is 16.5. The Hall–Kier alpha value is -2.60. The number of hydrogen-bond donors (Lipinski definition) is 1. The van der Waals surface area contributed by atoms with Gasteiger partial charge in [-0.1, -0.05) is 18.2 Å². The predicted molar refractivity (Wildman–Crippen MR) is 106 cm³/mol. The number of nitrogens with zero attached hydrogens (tertiary/aromatic N) is 2. The lowest BCUT2D eigenvalue weighted by Gasteiger charge is -2.47. The highest BCUT2D eigenvalue weighted by molar-refractivity contribution is 5.76. The van der Waals surface area contributed by atoms with Crippen molar-refractivity contribution in [3.05, 3.63) is 64.1 Å². The van der Waals surface area contributed by atoms with Gasteiger partial charge in [0.05, 0.1) is 13.7 Å². The number of pyridine rings is 1. The first kappa shape index (κ1) is 18.7. The molecule has 1 amide bonds. The molecule has 1 saturated heterocycles. The largest absolute Gasteiger partial charge is 0.497 e. The highest BCUT2D eigenvalue weighted by Crippen LogP contribution is 2.42. The number of aliphatic hydroxyl groups is 1. The zero-order chi connectivity index (χ0) is 19.7. The maximum Gasteiger partial charge on any atom is 0.251 e. The number of amides is 1. The third-order valence-corrected chi connectivity index (χ3v) is 6.06. The van der Waals surface area contributed by atoms with Gasteiger partial charge in [-0.05, 0) is 42.5 Å². The molecule has 6 nitrogen and oxygen atoms in total. The Kier molecular flexibility index (Phi) is 5.22. The van der Waals surface area contributed by atoms with Gasteiger partial charge in [0, 0.05) is 43.2 Å². The molecule has 1 aromatic heterocycles. The molecule has 0 unspecified atom stereocenters. The number of ether oxygens (including phenoxy) is 1. The quantitative estimate of drug-likeness (QED) is 0.858. The van der Waals surface area contributed by atoms with Gasteiger partial charge in [-0.15, -0.1) is 0 Å². The summed E-state index contributed by atoms with van der Waals surface area (Å²) in [6, 6.07) is 13.4. The molecular weight excluding hydrogens is 356 g/mol. The maximum absolute atomic E-state index is 12.8. The minimum absolute atomic E-state index is 0.00298. The van der Waals surface area contributed by atoms with Crippen LogP contribution in [0.15, 0.2) is 47.3 Å². The summed E-state index contributed by atoms with van der Waals surface area (Å²) in [6.45, 7) is 1.11. The zero-order valence-electron chi connectivity index (χ0n) is 16.1. The van der Waals surface area contributed by atoms with E-state index in [0.717, 1.165) is 23.4 Å². The van der Waals surface area contributed by atoms with Gasteiger partial charge in [-0.2, -0.15) is 0 Å². The zero-order valence-corrected chi connectivity index (χ0v) is 16.1. The number of aromatic nitrogens is 1. The molecule has 0 saturated carbocycles. The Balaban J connectivity index is 1.71. The first-order chi connectivity index (χ1) is 13.6. The number of piperidine rings is 1. The van der Waals surface area contributed by atoms with Gasteiger partial charge >= 0.3 is 0 Å². The van der Waals surface area contributed by atoms with Gasteiger partial charge in [0.15, 0.2) is 0 Å². The molecule has 3 atom stereocenters. The van der Waals surface area contributed by atoms with Gasteiger partial charge in [-0.25, -0.2) is 0 Å². The van der Waals surface area contributed by atoms with Crippen molar-refractivity contribution >= 4 is 5.91 Å². The fourth-order valence-electron chi connectivity index (χ4n) is 4.80. The van der Waals surface area contributed by atoms with Crippen LogP contribution < -0.4 is 10.3 Å². The number of methoxy groups -OCH3 is 1.